The van der Waals surface area contributed by atoms with E-state index in [1.54, 1.807) is 10.9 Å². The van der Waals surface area contributed by atoms with Crippen LogP contribution in [0.1, 0.15) is 16.8 Å². The van der Waals surface area contributed by atoms with Crippen LogP contribution in [0.4, 0.5) is 5.69 Å². The van der Waals surface area contributed by atoms with Crippen LogP contribution in [0.2, 0.25) is 0 Å². The lowest BCUT2D eigenvalue weighted by atomic mass is 9.93. The van der Waals surface area contributed by atoms with Gasteiger partial charge in [-0.25, -0.2) is 0 Å². The number of anilines is 1. The Labute approximate surface area is 99.3 Å². The standard InChI is InChI=1S/C13H13N3O/c1-16-8-9(7-15-16)10-3-2-4-11-13(10)12(17)5-6-14-11/h2-4,7-8,14H,5-6H2,1H3. The third kappa shape index (κ3) is 1.62. The van der Waals surface area contributed by atoms with Crippen molar-refractivity contribution in [2.75, 3.05) is 11.9 Å². The van der Waals surface area contributed by atoms with E-state index in [-0.39, 0.29) is 5.78 Å². The van der Waals surface area contributed by atoms with Gasteiger partial charge in [0.2, 0.25) is 0 Å². The zero-order valence-electron chi connectivity index (χ0n) is 9.60. The maximum atomic E-state index is 12.0. The quantitative estimate of drug-likeness (QED) is 0.811. The minimum atomic E-state index is 0.207. The molecule has 4 heteroatoms. The van der Waals surface area contributed by atoms with Crippen molar-refractivity contribution in [3.63, 3.8) is 0 Å². The van der Waals surface area contributed by atoms with E-state index >= 15 is 0 Å². The number of Topliss-reactive ketones (excluding diaryl/α,β-unsaturated/α-hetero) is 1. The monoisotopic (exact) mass is 227 g/mol. The molecule has 0 saturated carbocycles. The van der Waals surface area contributed by atoms with Crippen LogP contribution < -0.4 is 5.32 Å². The molecule has 0 fully saturated rings. The number of benzene rings is 1. The van der Waals surface area contributed by atoms with Crippen molar-refractivity contribution in [1.29, 1.82) is 0 Å². The first-order chi connectivity index (χ1) is 8.25. The number of rotatable bonds is 1. The summed E-state index contributed by atoms with van der Waals surface area (Å²) in [7, 11) is 1.87. The summed E-state index contributed by atoms with van der Waals surface area (Å²) in [6, 6.07) is 5.89. The van der Waals surface area contributed by atoms with E-state index in [0.29, 0.717) is 6.42 Å². The van der Waals surface area contributed by atoms with E-state index in [1.165, 1.54) is 0 Å². The van der Waals surface area contributed by atoms with E-state index in [0.717, 1.165) is 28.9 Å². The highest BCUT2D eigenvalue weighted by Gasteiger charge is 2.21. The Bertz CT molecular complexity index is 586. The van der Waals surface area contributed by atoms with Crippen LogP contribution in [0, 0.1) is 0 Å². The third-order valence-electron chi connectivity index (χ3n) is 3.03. The lowest BCUT2D eigenvalue weighted by Crippen LogP contribution is -2.18. The van der Waals surface area contributed by atoms with Crippen LogP contribution in [0.5, 0.6) is 0 Å². The van der Waals surface area contributed by atoms with Gasteiger partial charge in [0.15, 0.2) is 5.78 Å². The van der Waals surface area contributed by atoms with E-state index in [2.05, 4.69) is 10.4 Å². The fourth-order valence-electron chi connectivity index (χ4n) is 2.24. The van der Waals surface area contributed by atoms with Crippen LogP contribution in [-0.4, -0.2) is 22.1 Å². The third-order valence-corrected chi connectivity index (χ3v) is 3.03. The summed E-state index contributed by atoms with van der Waals surface area (Å²) >= 11 is 0. The first kappa shape index (κ1) is 10.1. The average molecular weight is 227 g/mol. The van der Waals surface area contributed by atoms with Crippen molar-refractivity contribution in [2.24, 2.45) is 7.05 Å². The lowest BCUT2D eigenvalue weighted by molar-refractivity contribution is 0.0984. The van der Waals surface area contributed by atoms with E-state index in [4.69, 9.17) is 0 Å². The van der Waals surface area contributed by atoms with Gasteiger partial charge in [0.25, 0.3) is 0 Å². The average Bonchev–Trinajstić information content (AvgIpc) is 2.75. The molecule has 0 atom stereocenters. The van der Waals surface area contributed by atoms with Crippen LogP contribution in [-0.2, 0) is 7.05 Å². The van der Waals surface area contributed by atoms with Crippen molar-refractivity contribution in [3.8, 4) is 11.1 Å². The van der Waals surface area contributed by atoms with Crippen LogP contribution >= 0.6 is 0 Å². The van der Waals surface area contributed by atoms with Crippen LogP contribution in [0.15, 0.2) is 30.6 Å². The Morgan fingerprint density at radius 2 is 2.29 bits per heavy atom. The molecule has 17 heavy (non-hydrogen) atoms. The smallest absolute Gasteiger partial charge is 0.167 e. The molecule has 86 valence electrons. The highest BCUT2D eigenvalue weighted by Crippen LogP contribution is 2.32. The number of nitrogens with zero attached hydrogens (tertiary/aromatic N) is 2. The highest BCUT2D eigenvalue weighted by molar-refractivity contribution is 6.08. The molecule has 0 aliphatic carbocycles. The predicted molar refractivity (Wildman–Crippen MR) is 66.1 cm³/mol. The summed E-state index contributed by atoms with van der Waals surface area (Å²) < 4.78 is 1.75. The topological polar surface area (TPSA) is 46.9 Å². The second kappa shape index (κ2) is 3.73. The molecule has 1 aromatic carbocycles. The van der Waals surface area contributed by atoms with Crippen molar-refractivity contribution < 1.29 is 4.79 Å². The normalized spacial score (nSPS) is 14.3. The van der Waals surface area contributed by atoms with Crippen molar-refractivity contribution >= 4 is 11.5 Å². The summed E-state index contributed by atoms with van der Waals surface area (Å²) in [5.41, 5.74) is 3.68. The van der Waals surface area contributed by atoms with Gasteiger partial charge in [0.05, 0.1) is 6.20 Å². The highest BCUT2D eigenvalue weighted by atomic mass is 16.1. The summed E-state index contributed by atoms with van der Waals surface area (Å²) in [6.07, 6.45) is 4.28. The molecule has 1 aromatic heterocycles. The predicted octanol–water partition coefficient (Wildman–Crippen LogP) is 2.09. The van der Waals surface area contributed by atoms with E-state index < -0.39 is 0 Å². The summed E-state index contributed by atoms with van der Waals surface area (Å²) in [4.78, 5) is 12.0. The Kier molecular flexibility index (Phi) is 2.21. The number of aromatic nitrogens is 2. The molecule has 0 radical (unpaired) electrons. The van der Waals surface area contributed by atoms with Crippen molar-refractivity contribution in [3.05, 3.63) is 36.2 Å². The molecule has 0 bridgehead atoms. The summed E-state index contributed by atoms with van der Waals surface area (Å²) in [5.74, 6) is 0.207. The Balaban J connectivity index is 2.20. The van der Waals surface area contributed by atoms with Gasteiger partial charge in [-0.1, -0.05) is 12.1 Å². The van der Waals surface area contributed by atoms with Crippen molar-refractivity contribution in [1.82, 2.24) is 9.78 Å². The number of nitrogens with one attached hydrogen (secondary N) is 1. The number of carbonyl (C=O) groups excluding carboxylic acids is 1. The fourth-order valence-corrected chi connectivity index (χ4v) is 2.24. The molecule has 3 rings (SSSR count). The maximum Gasteiger partial charge on any atom is 0.167 e. The number of hydrogen-bond donors (Lipinski definition) is 1. The molecule has 0 unspecified atom stereocenters. The van der Waals surface area contributed by atoms with Gasteiger partial charge in [-0.2, -0.15) is 5.10 Å². The maximum absolute atomic E-state index is 12.0. The molecule has 0 amide bonds. The number of aryl methyl sites for hydroxylation is 1. The molecule has 1 aliphatic heterocycles. The molecular formula is C13H13N3O. The van der Waals surface area contributed by atoms with Crippen molar-refractivity contribution in [2.45, 2.75) is 6.42 Å². The van der Waals surface area contributed by atoms with E-state index in [9.17, 15) is 4.79 Å². The van der Waals surface area contributed by atoms with Gasteiger partial charge >= 0.3 is 0 Å². The molecule has 2 aromatic rings. The fraction of sp³-hybridized carbons (Fsp3) is 0.231. The van der Waals surface area contributed by atoms with Gasteiger partial charge in [-0.15, -0.1) is 0 Å². The zero-order chi connectivity index (χ0) is 11.8. The largest absolute Gasteiger partial charge is 0.384 e. The second-order valence-electron chi connectivity index (χ2n) is 4.23. The lowest BCUT2D eigenvalue weighted by Gasteiger charge is -2.19. The van der Waals surface area contributed by atoms with Gasteiger partial charge in [-0.05, 0) is 11.6 Å². The van der Waals surface area contributed by atoms with Gasteiger partial charge < -0.3 is 5.32 Å². The number of ketones is 1. The SMILES string of the molecule is Cn1cc(-c2cccc3c2C(=O)CCN3)cn1. The van der Waals surface area contributed by atoms with Gasteiger partial charge in [0.1, 0.15) is 0 Å². The summed E-state index contributed by atoms with van der Waals surface area (Å²) in [6.45, 7) is 0.725. The Morgan fingerprint density at radius 1 is 1.41 bits per heavy atom. The molecule has 1 aliphatic rings. The minimum absolute atomic E-state index is 0.207. The molecule has 0 spiro atoms. The van der Waals surface area contributed by atoms with E-state index in [1.807, 2.05) is 31.4 Å². The minimum Gasteiger partial charge on any atom is -0.384 e. The Hall–Kier alpha value is -2.10. The Morgan fingerprint density at radius 3 is 3.06 bits per heavy atom. The summed E-state index contributed by atoms with van der Waals surface area (Å²) in [5, 5.41) is 7.41. The van der Waals surface area contributed by atoms with Gasteiger partial charge in [0, 0.05) is 43.0 Å². The number of carbonyl (C=O) groups is 1. The second-order valence-corrected chi connectivity index (χ2v) is 4.23. The van der Waals surface area contributed by atoms with Crippen LogP contribution in [0.25, 0.3) is 11.1 Å². The first-order valence-corrected chi connectivity index (χ1v) is 5.65. The molecular weight excluding hydrogens is 214 g/mol. The number of hydrogen-bond acceptors (Lipinski definition) is 3. The first-order valence-electron chi connectivity index (χ1n) is 5.65. The van der Waals surface area contributed by atoms with Gasteiger partial charge in [-0.3, -0.25) is 9.48 Å². The molecule has 1 N–H and O–H groups in total. The number of fused-ring (bicyclic) bond motifs is 1. The van der Waals surface area contributed by atoms with Crippen LogP contribution in [0.3, 0.4) is 0 Å². The molecule has 2 heterocycles. The molecule has 0 saturated heterocycles. The molecule has 4 nitrogen and oxygen atoms in total. The zero-order valence-corrected chi connectivity index (χ0v) is 9.60.